The second-order valence-electron chi connectivity index (χ2n) is 3.78. The van der Waals surface area contributed by atoms with Gasteiger partial charge in [-0.3, -0.25) is 14.2 Å². The molecular formula is C11H11NO3S. The Balaban J connectivity index is 2.78. The van der Waals surface area contributed by atoms with Gasteiger partial charge in [-0.25, -0.2) is 0 Å². The summed E-state index contributed by atoms with van der Waals surface area (Å²) in [6.07, 6.45) is 0. The molecule has 1 aromatic heterocycles. The highest BCUT2D eigenvalue weighted by atomic mass is 32.1. The molecule has 5 heteroatoms. The summed E-state index contributed by atoms with van der Waals surface area (Å²) in [5, 5.41) is 8.75. The molecule has 2 aromatic rings. The Morgan fingerprint density at radius 3 is 2.75 bits per heavy atom. The Morgan fingerprint density at radius 2 is 2.12 bits per heavy atom. The number of aryl methyl sites for hydroxylation is 2. The van der Waals surface area contributed by atoms with Gasteiger partial charge in [-0.1, -0.05) is 17.4 Å². The van der Waals surface area contributed by atoms with E-state index in [0.29, 0.717) is 0 Å². The van der Waals surface area contributed by atoms with Crippen LogP contribution >= 0.6 is 11.3 Å². The van der Waals surface area contributed by atoms with Crippen LogP contribution in [0.15, 0.2) is 16.9 Å². The summed E-state index contributed by atoms with van der Waals surface area (Å²) in [4.78, 5) is 22.1. The lowest BCUT2D eigenvalue weighted by molar-refractivity contribution is -0.137. The summed E-state index contributed by atoms with van der Waals surface area (Å²) < 4.78 is 2.18. The van der Waals surface area contributed by atoms with Crippen molar-refractivity contribution < 1.29 is 9.90 Å². The number of carboxylic acid groups (broad SMARTS) is 1. The number of fused-ring (bicyclic) bond motifs is 1. The molecular weight excluding hydrogens is 226 g/mol. The van der Waals surface area contributed by atoms with Crippen LogP contribution in [0.3, 0.4) is 0 Å². The number of rotatable bonds is 2. The first-order chi connectivity index (χ1) is 7.49. The molecule has 84 valence electrons. The average Bonchev–Trinajstić information content (AvgIpc) is 2.45. The maximum absolute atomic E-state index is 11.7. The van der Waals surface area contributed by atoms with Crippen LogP contribution in [-0.4, -0.2) is 15.6 Å². The molecule has 1 aromatic carbocycles. The first-order valence-electron chi connectivity index (χ1n) is 4.81. The quantitative estimate of drug-likeness (QED) is 0.865. The van der Waals surface area contributed by atoms with E-state index in [4.69, 9.17) is 5.11 Å². The Morgan fingerprint density at radius 1 is 1.44 bits per heavy atom. The highest BCUT2D eigenvalue weighted by Gasteiger charge is 2.12. The molecule has 0 bridgehead atoms. The van der Waals surface area contributed by atoms with Gasteiger partial charge in [0, 0.05) is 0 Å². The Bertz CT molecular complexity index is 624. The minimum Gasteiger partial charge on any atom is -0.480 e. The van der Waals surface area contributed by atoms with E-state index in [-0.39, 0.29) is 11.4 Å². The summed E-state index contributed by atoms with van der Waals surface area (Å²) >= 11 is 1.10. The number of hydrogen-bond donors (Lipinski definition) is 1. The molecule has 0 radical (unpaired) electrons. The molecule has 4 nitrogen and oxygen atoms in total. The van der Waals surface area contributed by atoms with Crippen molar-refractivity contribution in [2.24, 2.45) is 0 Å². The van der Waals surface area contributed by atoms with Crippen molar-refractivity contribution >= 4 is 27.5 Å². The maximum atomic E-state index is 11.7. The van der Waals surface area contributed by atoms with Crippen LogP contribution in [0.4, 0.5) is 0 Å². The second-order valence-corrected chi connectivity index (χ2v) is 4.74. The smallest absolute Gasteiger partial charge is 0.323 e. The van der Waals surface area contributed by atoms with Gasteiger partial charge < -0.3 is 5.11 Å². The van der Waals surface area contributed by atoms with Crippen LogP contribution in [0, 0.1) is 13.8 Å². The molecule has 0 fully saturated rings. The number of hydrogen-bond acceptors (Lipinski definition) is 3. The van der Waals surface area contributed by atoms with Crippen LogP contribution in [-0.2, 0) is 11.3 Å². The third kappa shape index (κ3) is 1.74. The van der Waals surface area contributed by atoms with Gasteiger partial charge in [0.25, 0.3) is 0 Å². The van der Waals surface area contributed by atoms with Crippen LogP contribution in [0.2, 0.25) is 0 Å². The standard InChI is InChI=1S/C11H11NO3S/c1-6-3-7(2)10-8(4-6)12(5-9(13)14)11(15)16-10/h3-4H,5H2,1-2H3,(H,13,14). The number of benzene rings is 1. The molecule has 0 aliphatic carbocycles. The van der Waals surface area contributed by atoms with Crippen molar-refractivity contribution in [1.29, 1.82) is 0 Å². The lowest BCUT2D eigenvalue weighted by Gasteiger charge is -2.02. The van der Waals surface area contributed by atoms with Gasteiger partial charge in [-0.2, -0.15) is 0 Å². The SMILES string of the molecule is Cc1cc(C)c2sc(=O)n(CC(=O)O)c2c1. The molecule has 0 atom stereocenters. The fourth-order valence-corrected chi connectivity index (χ4v) is 2.73. The van der Waals surface area contributed by atoms with Gasteiger partial charge in [0.2, 0.25) is 0 Å². The van der Waals surface area contributed by atoms with Gasteiger partial charge in [0.1, 0.15) is 6.54 Å². The van der Waals surface area contributed by atoms with Crippen molar-refractivity contribution in [2.75, 3.05) is 0 Å². The van der Waals surface area contributed by atoms with Crippen molar-refractivity contribution in [2.45, 2.75) is 20.4 Å². The highest BCUT2D eigenvalue weighted by molar-refractivity contribution is 7.16. The summed E-state index contributed by atoms with van der Waals surface area (Å²) in [5.74, 6) is -0.999. The first kappa shape index (κ1) is 10.9. The Hall–Kier alpha value is -1.62. The van der Waals surface area contributed by atoms with Crippen molar-refractivity contribution in [3.8, 4) is 0 Å². The molecule has 0 saturated heterocycles. The number of carboxylic acids is 1. The zero-order valence-electron chi connectivity index (χ0n) is 8.98. The van der Waals surface area contributed by atoms with Gasteiger partial charge in [-0.15, -0.1) is 0 Å². The van der Waals surface area contributed by atoms with Crippen LogP contribution in [0.5, 0.6) is 0 Å². The van der Waals surface area contributed by atoms with E-state index in [1.807, 2.05) is 26.0 Å². The molecule has 0 spiro atoms. The Kier molecular flexibility index (Phi) is 2.55. The first-order valence-corrected chi connectivity index (χ1v) is 5.63. The summed E-state index contributed by atoms with van der Waals surface area (Å²) in [5.41, 5.74) is 2.76. The van der Waals surface area contributed by atoms with Crippen LogP contribution in [0.25, 0.3) is 10.2 Å². The molecule has 1 N–H and O–H groups in total. The molecule has 16 heavy (non-hydrogen) atoms. The van der Waals surface area contributed by atoms with Crippen LogP contribution < -0.4 is 4.87 Å². The fourth-order valence-electron chi connectivity index (χ4n) is 1.79. The number of aromatic nitrogens is 1. The minimum atomic E-state index is -0.999. The molecule has 0 aliphatic rings. The van der Waals surface area contributed by atoms with E-state index in [1.165, 1.54) is 4.57 Å². The molecule has 0 aliphatic heterocycles. The van der Waals surface area contributed by atoms with Gasteiger partial charge in [0.15, 0.2) is 0 Å². The predicted molar refractivity (Wildman–Crippen MR) is 63.2 cm³/mol. The topological polar surface area (TPSA) is 59.3 Å². The highest BCUT2D eigenvalue weighted by Crippen LogP contribution is 2.23. The zero-order chi connectivity index (χ0) is 11.9. The molecule has 2 rings (SSSR count). The predicted octanol–water partition coefficient (Wildman–Crippen LogP) is 1.76. The van der Waals surface area contributed by atoms with E-state index in [9.17, 15) is 9.59 Å². The fraction of sp³-hybridized carbons (Fsp3) is 0.273. The minimum absolute atomic E-state index is 0.217. The molecule has 0 saturated carbocycles. The number of thiazole rings is 1. The number of carbonyl (C=O) groups is 1. The molecule has 1 heterocycles. The van der Waals surface area contributed by atoms with Crippen molar-refractivity contribution in [3.05, 3.63) is 32.9 Å². The Labute approximate surface area is 95.8 Å². The van der Waals surface area contributed by atoms with Gasteiger partial charge >= 0.3 is 10.8 Å². The molecule has 0 amide bonds. The van der Waals surface area contributed by atoms with E-state index >= 15 is 0 Å². The third-order valence-electron chi connectivity index (χ3n) is 2.39. The number of nitrogens with zero attached hydrogens (tertiary/aromatic N) is 1. The lowest BCUT2D eigenvalue weighted by atomic mass is 10.1. The normalized spacial score (nSPS) is 10.9. The average molecular weight is 237 g/mol. The van der Waals surface area contributed by atoms with E-state index in [0.717, 1.165) is 32.7 Å². The van der Waals surface area contributed by atoms with E-state index in [2.05, 4.69) is 0 Å². The van der Waals surface area contributed by atoms with E-state index in [1.54, 1.807) is 0 Å². The van der Waals surface area contributed by atoms with Crippen LogP contribution in [0.1, 0.15) is 11.1 Å². The third-order valence-corrected chi connectivity index (χ3v) is 3.52. The van der Waals surface area contributed by atoms with Gasteiger partial charge in [0.05, 0.1) is 10.2 Å². The maximum Gasteiger partial charge on any atom is 0.323 e. The second kappa shape index (κ2) is 3.75. The number of aliphatic carboxylic acids is 1. The van der Waals surface area contributed by atoms with Crippen molar-refractivity contribution in [1.82, 2.24) is 4.57 Å². The lowest BCUT2D eigenvalue weighted by Crippen LogP contribution is -2.18. The zero-order valence-corrected chi connectivity index (χ0v) is 9.80. The summed E-state index contributed by atoms with van der Waals surface area (Å²) in [6.45, 7) is 3.58. The summed E-state index contributed by atoms with van der Waals surface area (Å²) in [7, 11) is 0. The summed E-state index contributed by atoms with van der Waals surface area (Å²) in [6, 6.07) is 3.84. The van der Waals surface area contributed by atoms with E-state index < -0.39 is 5.97 Å². The monoisotopic (exact) mass is 237 g/mol. The molecule has 0 unspecified atom stereocenters. The van der Waals surface area contributed by atoms with Crippen molar-refractivity contribution in [3.63, 3.8) is 0 Å². The largest absolute Gasteiger partial charge is 0.480 e. The van der Waals surface area contributed by atoms with Gasteiger partial charge in [-0.05, 0) is 31.0 Å².